The summed E-state index contributed by atoms with van der Waals surface area (Å²) in [7, 11) is 0. The van der Waals surface area contributed by atoms with E-state index in [1.54, 1.807) is 11.3 Å². The van der Waals surface area contributed by atoms with E-state index in [-0.39, 0.29) is 18.0 Å². The third-order valence-electron chi connectivity index (χ3n) is 4.08. The molecule has 0 unspecified atom stereocenters. The van der Waals surface area contributed by atoms with Crippen LogP contribution in [-0.4, -0.2) is 24.5 Å². The smallest absolute Gasteiger partial charge is 0.316 e. The first kappa shape index (κ1) is 16.5. The molecule has 0 aliphatic carbocycles. The van der Waals surface area contributed by atoms with Crippen molar-refractivity contribution in [1.29, 1.82) is 0 Å². The molecule has 1 saturated heterocycles. The van der Waals surface area contributed by atoms with Crippen molar-refractivity contribution in [3.8, 4) is 0 Å². The minimum absolute atomic E-state index is 0.102. The summed E-state index contributed by atoms with van der Waals surface area (Å²) in [6, 6.07) is 12.8. The highest BCUT2D eigenvalue weighted by Gasteiger charge is 2.24. The largest absolute Gasteiger partial charge is 0.354 e. The molecule has 1 aliphatic rings. The maximum Gasteiger partial charge on any atom is 0.316 e. The lowest BCUT2D eigenvalue weighted by Crippen LogP contribution is -2.49. The van der Waals surface area contributed by atoms with E-state index in [4.69, 9.17) is 0 Å². The predicted molar refractivity (Wildman–Crippen MR) is 94.9 cm³/mol. The molecule has 2 heterocycles. The zero-order chi connectivity index (χ0) is 16.8. The van der Waals surface area contributed by atoms with Gasteiger partial charge in [0, 0.05) is 11.4 Å². The summed E-state index contributed by atoms with van der Waals surface area (Å²) in [5, 5.41) is 10.6. The first-order valence-corrected chi connectivity index (χ1v) is 9.05. The van der Waals surface area contributed by atoms with E-state index in [1.807, 2.05) is 47.8 Å². The highest BCUT2D eigenvalue weighted by Crippen LogP contribution is 2.25. The van der Waals surface area contributed by atoms with Crippen molar-refractivity contribution in [3.05, 3.63) is 58.3 Å². The number of urea groups is 1. The van der Waals surface area contributed by atoms with Crippen molar-refractivity contribution >= 4 is 23.3 Å². The number of benzene rings is 1. The lowest BCUT2D eigenvalue weighted by Gasteiger charge is -2.21. The lowest BCUT2D eigenvalue weighted by atomic mass is 10.1. The second kappa shape index (κ2) is 7.97. The van der Waals surface area contributed by atoms with Gasteiger partial charge in [-0.25, -0.2) is 4.79 Å². The van der Waals surface area contributed by atoms with Crippen LogP contribution in [0.4, 0.5) is 4.79 Å². The fourth-order valence-corrected chi connectivity index (χ4v) is 3.63. The average Bonchev–Trinajstić information content (AvgIpc) is 3.06. The average molecular weight is 343 g/mol. The molecule has 0 radical (unpaired) electrons. The monoisotopic (exact) mass is 343 g/mol. The first-order valence-electron chi connectivity index (χ1n) is 8.17. The summed E-state index contributed by atoms with van der Waals surface area (Å²) in [6.07, 6.45) is 2.55. The first-order chi connectivity index (χ1) is 11.7. The van der Waals surface area contributed by atoms with Gasteiger partial charge < -0.3 is 16.0 Å². The fourth-order valence-electron chi connectivity index (χ4n) is 2.83. The molecule has 3 N–H and O–H groups in total. The van der Waals surface area contributed by atoms with E-state index in [2.05, 4.69) is 16.0 Å². The second-order valence-electron chi connectivity index (χ2n) is 5.82. The van der Waals surface area contributed by atoms with E-state index in [0.717, 1.165) is 23.3 Å². The van der Waals surface area contributed by atoms with Crippen molar-refractivity contribution in [2.45, 2.75) is 31.3 Å². The van der Waals surface area contributed by atoms with Crippen LogP contribution < -0.4 is 16.0 Å². The number of thiophene rings is 1. The van der Waals surface area contributed by atoms with Gasteiger partial charge in [-0.15, -0.1) is 11.3 Å². The molecule has 0 spiro atoms. The predicted octanol–water partition coefficient (Wildman–Crippen LogP) is 2.81. The molecule has 2 aromatic rings. The molecule has 1 aromatic carbocycles. The van der Waals surface area contributed by atoms with Gasteiger partial charge in [-0.1, -0.05) is 36.4 Å². The van der Waals surface area contributed by atoms with Crippen LogP contribution in [0.3, 0.4) is 0 Å². The van der Waals surface area contributed by atoms with Gasteiger partial charge in [0.1, 0.15) is 6.04 Å². The topological polar surface area (TPSA) is 70.2 Å². The molecule has 1 aliphatic heterocycles. The van der Waals surface area contributed by atoms with Gasteiger partial charge in [-0.2, -0.15) is 0 Å². The maximum absolute atomic E-state index is 12.5. The van der Waals surface area contributed by atoms with Crippen LogP contribution in [0.1, 0.15) is 35.7 Å². The molecule has 3 rings (SSSR count). The molecule has 24 heavy (non-hydrogen) atoms. The van der Waals surface area contributed by atoms with E-state index in [0.29, 0.717) is 13.0 Å². The summed E-state index contributed by atoms with van der Waals surface area (Å²) in [6.45, 7) is 0.681. The summed E-state index contributed by atoms with van der Waals surface area (Å²) >= 11 is 1.60. The quantitative estimate of drug-likeness (QED) is 0.799. The van der Waals surface area contributed by atoms with Crippen LogP contribution in [0.25, 0.3) is 0 Å². The Morgan fingerprint density at radius 1 is 1.17 bits per heavy atom. The van der Waals surface area contributed by atoms with Gasteiger partial charge in [0.25, 0.3) is 0 Å². The third-order valence-corrected chi connectivity index (χ3v) is 5.01. The molecular formula is C18H21N3O2S. The molecule has 2 atom stereocenters. The SMILES string of the molecule is O=C(N[C@H](c1ccccc1)c1cccs1)N[C@@H]1CCCCNC1=O. The zero-order valence-corrected chi connectivity index (χ0v) is 14.1. The van der Waals surface area contributed by atoms with Gasteiger partial charge >= 0.3 is 6.03 Å². The van der Waals surface area contributed by atoms with Crippen LogP contribution in [0.2, 0.25) is 0 Å². The van der Waals surface area contributed by atoms with Gasteiger partial charge in [-0.05, 0) is 36.3 Å². The van der Waals surface area contributed by atoms with Gasteiger partial charge in [0.2, 0.25) is 5.91 Å². The standard InChI is InChI=1S/C18H21N3O2S/c22-17-14(9-4-5-11-19-17)20-18(23)21-16(15-10-6-12-24-15)13-7-2-1-3-8-13/h1-3,6-8,10,12,14,16H,4-5,9,11H2,(H,19,22)(H2,20,21,23)/t14-,16-/m1/s1. The molecule has 0 bridgehead atoms. The van der Waals surface area contributed by atoms with Crippen LogP contribution in [0, 0.1) is 0 Å². The fraction of sp³-hybridized carbons (Fsp3) is 0.333. The molecule has 3 amide bonds. The maximum atomic E-state index is 12.5. The van der Waals surface area contributed by atoms with Gasteiger partial charge in [0.05, 0.1) is 6.04 Å². The van der Waals surface area contributed by atoms with Crippen LogP contribution >= 0.6 is 11.3 Å². The van der Waals surface area contributed by atoms with Crippen LogP contribution in [-0.2, 0) is 4.79 Å². The highest BCUT2D eigenvalue weighted by atomic mass is 32.1. The number of nitrogens with one attached hydrogen (secondary N) is 3. The number of hydrogen-bond acceptors (Lipinski definition) is 3. The Kier molecular flexibility index (Phi) is 5.48. The van der Waals surface area contributed by atoms with E-state index < -0.39 is 6.04 Å². The van der Waals surface area contributed by atoms with Crippen molar-refractivity contribution < 1.29 is 9.59 Å². The summed E-state index contributed by atoms with van der Waals surface area (Å²) < 4.78 is 0. The van der Waals surface area contributed by atoms with E-state index >= 15 is 0 Å². The minimum atomic E-state index is -0.466. The Morgan fingerprint density at radius 2 is 2.00 bits per heavy atom. The van der Waals surface area contributed by atoms with Gasteiger partial charge in [-0.3, -0.25) is 4.79 Å². The third kappa shape index (κ3) is 4.14. The number of carbonyl (C=O) groups is 2. The molecule has 0 saturated carbocycles. The Labute approximate surface area is 145 Å². The van der Waals surface area contributed by atoms with Crippen LogP contribution in [0.5, 0.6) is 0 Å². The van der Waals surface area contributed by atoms with Crippen molar-refractivity contribution in [1.82, 2.24) is 16.0 Å². The Morgan fingerprint density at radius 3 is 2.75 bits per heavy atom. The van der Waals surface area contributed by atoms with Crippen molar-refractivity contribution in [3.63, 3.8) is 0 Å². The summed E-state index contributed by atoms with van der Waals surface area (Å²) in [5.74, 6) is -0.102. The molecule has 1 fully saturated rings. The molecular weight excluding hydrogens is 322 g/mol. The molecule has 6 heteroatoms. The zero-order valence-electron chi connectivity index (χ0n) is 13.3. The Bertz CT molecular complexity index is 673. The minimum Gasteiger partial charge on any atom is -0.354 e. The Balaban J connectivity index is 1.70. The summed E-state index contributed by atoms with van der Waals surface area (Å²) in [5.41, 5.74) is 1.01. The number of carbonyl (C=O) groups excluding carboxylic acids is 2. The van der Waals surface area contributed by atoms with Crippen molar-refractivity contribution in [2.24, 2.45) is 0 Å². The number of amides is 3. The summed E-state index contributed by atoms with van der Waals surface area (Å²) in [4.78, 5) is 25.5. The molecule has 1 aromatic heterocycles. The molecule has 126 valence electrons. The van der Waals surface area contributed by atoms with E-state index in [1.165, 1.54) is 0 Å². The molecule has 5 nitrogen and oxygen atoms in total. The lowest BCUT2D eigenvalue weighted by molar-refractivity contribution is -0.122. The second-order valence-corrected chi connectivity index (χ2v) is 6.80. The number of hydrogen-bond donors (Lipinski definition) is 3. The van der Waals surface area contributed by atoms with Gasteiger partial charge in [0.15, 0.2) is 0 Å². The van der Waals surface area contributed by atoms with E-state index in [9.17, 15) is 9.59 Å². The number of rotatable bonds is 4. The van der Waals surface area contributed by atoms with Crippen molar-refractivity contribution in [2.75, 3.05) is 6.54 Å². The van der Waals surface area contributed by atoms with Crippen LogP contribution in [0.15, 0.2) is 47.8 Å². The normalized spacial score (nSPS) is 19.0. The Hall–Kier alpha value is -2.34. The highest BCUT2D eigenvalue weighted by molar-refractivity contribution is 7.10.